The maximum atomic E-state index is 4.71. The van der Waals surface area contributed by atoms with Gasteiger partial charge in [-0.1, -0.05) is 19.4 Å². The molecule has 1 saturated carbocycles. The van der Waals surface area contributed by atoms with Crippen LogP contribution in [0.5, 0.6) is 0 Å². The molecule has 2 unspecified atom stereocenters. The fraction of sp³-hybridized carbons (Fsp3) is 0.368. The summed E-state index contributed by atoms with van der Waals surface area (Å²) in [6.45, 7) is 2.89. The van der Waals surface area contributed by atoms with Gasteiger partial charge >= 0.3 is 0 Å². The van der Waals surface area contributed by atoms with E-state index in [0.717, 1.165) is 35.7 Å². The third-order valence-corrected chi connectivity index (χ3v) is 5.13. The first-order valence-corrected chi connectivity index (χ1v) is 8.90. The zero-order chi connectivity index (χ0) is 16.8. The van der Waals surface area contributed by atoms with Crippen molar-refractivity contribution in [3.8, 4) is 0 Å². The molecule has 2 aliphatic rings. The summed E-state index contributed by atoms with van der Waals surface area (Å²) in [5.41, 5.74) is 4.42. The van der Waals surface area contributed by atoms with Gasteiger partial charge in [0, 0.05) is 42.5 Å². The summed E-state index contributed by atoms with van der Waals surface area (Å²) in [6.07, 6.45) is 16.9. The maximum absolute atomic E-state index is 4.71. The van der Waals surface area contributed by atoms with Crippen molar-refractivity contribution in [2.45, 2.75) is 32.7 Å². The predicted octanol–water partition coefficient (Wildman–Crippen LogP) is 2.88. The highest BCUT2D eigenvalue weighted by atomic mass is 15.1. The Morgan fingerprint density at radius 3 is 3.00 bits per heavy atom. The van der Waals surface area contributed by atoms with Crippen LogP contribution in [-0.2, 0) is 13.0 Å². The van der Waals surface area contributed by atoms with Crippen molar-refractivity contribution in [1.82, 2.24) is 23.9 Å². The molecule has 25 heavy (non-hydrogen) atoms. The Balaban J connectivity index is 1.54. The minimum atomic E-state index is 0.545. The monoisotopic (exact) mass is 332 g/mol. The number of aromatic nitrogens is 5. The summed E-state index contributed by atoms with van der Waals surface area (Å²) in [6, 6.07) is 0. The molecule has 1 fully saturated rings. The molecule has 0 spiro atoms. The number of aliphatic imine (C=N–C) groups is 1. The Labute approximate surface area is 146 Å². The van der Waals surface area contributed by atoms with Gasteiger partial charge in [-0.2, -0.15) is 0 Å². The van der Waals surface area contributed by atoms with Gasteiger partial charge in [-0.05, 0) is 18.8 Å². The molecule has 0 bridgehead atoms. The highest BCUT2D eigenvalue weighted by Crippen LogP contribution is 2.44. The number of fused-ring (bicyclic) bond motifs is 2. The quantitative estimate of drug-likeness (QED) is 0.722. The van der Waals surface area contributed by atoms with Crippen LogP contribution in [0.1, 0.15) is 36.8 Å². The molecule has 6 heteroatoms. The van der Waals surface area contributed by atoms with Crippen molar-refractivity contribution in [3.05, 3.63) is 60.5 Å². The smallest absolute Gasteiger partial charge is 0.155 e. The number of rotatable bonds is 5. The van der Waals surface area contributed by atoms with E-state index < -0.39 is 0 Å². The van der Waals surface area contributed by atoms with E-state index in [-0.39, 0.29) is 0 Å². The summed E-state index contributed by atoms with van der Waals surface area (Å²) in [7, 11) is 0. The standard InChI is InChI=1S/C19H20N6/c1-2-3-14-16(23-12-25-9-7-21-18(14)25)11-24-8-6-22-19(24)17-15-10-13(15)4-5-20-17/h4-9,12-13,15H,2-3,10-11H2,1H3. The third-order valence-electron chi connectivity index (χ3n) is 5.13. The summed E-state index contributed by atoms with van der Waals surface area (Å²) >= 11 is 0. The average molecular weight is 332 g/mol. The molecule has 6 nitrogen and oxygen atoms in total. The molecule has 0 radical (unpaired) electrons. The van der Waals surface area contributed by atoms with Crippen LogP contribution in [0.2, 0.25) is 0 Å². The fourth-order valence-corrected chi connectivity index (χ4v) is 3.75. The van der Waals surface area contributed by atoms with Crippen LogP contribution in [0.3, 0.4) is 0 Å². The number of aryl methyl sites for hydroxylation is 1. The molecule has 3 aromatic heterocycles. The molecule has 0 saturated heterocycles. The minimum absolute atomic E-state index is 0.545. The van der Waals surface area contributed by atoms with Crippen LogP contribution >= 0.6 is 0 Å². The van der Waals surface area contributed by atoms with Crippen LogP contribution in [0.4, 0.5) is 0 Å². The first-order valence-electron chi connectivity index (χ1n) is 8.90. The van der Waals surface area contributed by atoms with Crippen molar-refractivity contribution in [2.75, 3.05) is 0 Å². The number of imidazole rings is 2. The number of nitrogens with zero attached hydrogens (tertiary/aromatic N) is 6. The van der Waals surface area contributed by atoms with E-state index in [1.54, 1.807) is 0 Å². The van der Waals surface area contributed by atoms with E-state index in [4.69, 9.17) is 4.98 Å². The van der Waals surface area contributed by atoms with E-state index >= 15 is 0 Å². The van der Waals surface area contributed by atoms with Crippen LogP contribution in [0.25, 0.3) is 5.65 Å². The third kappa shape index (κ3) is 2.40. The van der Waals surface area contributed by atoms with Gasteiger partial charge in [0.2, 0.25) is 0 Å². The molecule has 0 N–H and O–H groups in total. The second kappa shape index (κ2) is 5.65. The Kier molecular flexibility index (Phi) is 3.29. The van der Waals surface area contributed by atoms with E-state index in [2.05, 4.69) is 32.5 Å². The molecule has 3 aromatic rings. The second-order valence-electron chi connectivity index (χ2n) is 6.82. The lowest BCUT2D eigenvalue weighted by Crippen LogP contribution is -2.17. The Hall–Kier alpha value is -2.76. The minimum Gasteiger partial charge on any atom is -0.324 e. The van der Waals surface area contributed by atoms with Crippen molar-refractivity contribution in [1.29, 1.82) is 0 Å². The zero-order valence-corrected chi connectivity index (χ0v) is 14.2. The van der Waals surface area contributed by atoms with Gasteiger partial charge in [-0.3, -0.25) is 9.39 Å². The predicted molar refractivity (Wildman–Crippen MR) is 95.6 cm³/mol. The van der Waals surface area contributed by atoms with Crippen molar-refractivity contribution < 1.29 is 0 Å². The topological polar surface area (TPSA) is 60.4 Å². The SMILES string of the molecule is CCCc1c(Cn2ccnc2C2=NC=CC3CC23)ncn2ccnc12. The van der Waals surface area contributed by atoms with E-state index in [9.17, 15) is 0 Å². The fourth-order valence-electron chi connectivity index (χ4n) is 3.75. The normalized spacial score (nSPS) is 21.4. The van der Waals surface area contributed by atoms with Gasteiger partial charge in [0.1, 0.15) is 12.0 Å². The molecule has 0 amide bonds. The lowest BCUT2D eigenvalue weighted by atomic mass is 10.1. The molecule has 1 aliphatic carbocycles. The van der Waals surface area contributed by atoms with E-state index in [1.165, 1.54) is 12.0 Å². The van der Waals surface area contributed by atoms with Gasteiger partial charge < -0.3 is 4.57 Å². The van der Waals surface area contributed by atoms with Gasteiger partial charge in [0.25, 0.3) is 0 Å². The highest BCUT2D eigenvalue weighted by Gasteiger charge is 2.42. The van der Waals surface area contributed by atoms with Gasteiger partial charge in [-0.15, -0.1) is 0 Å². The van der Waals surface area contributed by atoms with Crippen LogP contribution < -0.4 is 0 Å². The van der Waals surface area contributed by atoms with Crippen LogP contribution in [-0.4, -0.2) is 29.6 Å². The molecule has 4 heterocycles. The van der Waals surface area contributed by atoms with Gasteiger partial charge in [-0.25, -0.2) is 15.0 Å². The van der Waals surface area contributed by atoms with Crippen molar-refractivity contribution >= 4 is 11.4 Å². The Morgan fingerprint density at radius 1 is 1.16 bits per heavy atom. The number of hydrogen-bond donors (Lipinski definition) is 0. The van der Waals surface area contributed by atoms with E-state index in [1.807, 2.05) is 41.7 Å². The Bertz CT molecular complexity index is 992. The van der Waals surface area contributed by atoms with Gasteiger partial charge in [0.05, 0.1) is 18.0 Å². The summed E-state index contributed by atoms with van der Waals surface area (Å²) in [5.74, 6) is 2.18. The van der Waals surface area contributed by atoms with Gasteiger partial charge in [0.15, 0.2) is 5.82 Å². The molecule has 126 valence electrons. The molecule has 1 aliphatic heterocycles. The van der Waals surface area contributed by atoms with Crippen molar-refractivity contribution in [2.24, 2.45) is 16.8 Å². The first kappa shape index (κ1) is 14.6. The van der Waals surface area contributed by atoms with Crippen molar-refractivity contribution in [3.63, 3.8) is 0 Å². The number of hydrogen-bond acceptors (Lipinski definition) is 4. The van der Waals surface area contributed by atoms with E-state index in [0.29, 0.717) is 18.4 Å². The Morgan fingerprint density at radius 2 is 2.08 bits per heavy atom. The average Bonchev–Trinajstić information content (AvgIpc) is 3.04. The van der Waals surface area contributed by atoms with Crippen LogP contribution in [0, 0.1) is 11.8 Å². The lowest BCUT2D eigenvalue weighted by Gasteiger charge is -2.13. The summed E-state index contributed by atoms with van der Waals surface area (Å²) in [5, 5.41) is 0. The molecule has 5 rings (SSSR count). The molecular weight excluding hydrogens is 312 g/mol. The summed E-state index contributed by atoms with van der Waals surface area (Å²) in [4.78, 5) is 18.4. The number of allylic oxidation sites excluding steroid dienone is 1. The zero-order valence-electron chi connectivity index (χ0n) is 14.2. The molecule has 2 atom stereocenters. The second-order valence-corrected chi connectivity index (χ2v) is 6.82. The van der Waals surface area contributed by atoms with Crippen LogP contribution in [0.15, 0.2) is 48.4 Å². The largest absolute Gasteiger partial charge is 0.324 e. The highest BCUT2D eigenvalue weighted by molar-refractivity contribution is 6.02. The molecule has 0 aromatic carbocycles. The lowest BCUT2D eigenvalue weighted by molar-refractivity contribution is 0.734. The first-order chi connectivity index (χ1) is 12.3. The maximum Gasteiger partial charge on any atom is 0.155 e. The molecular formula is C19H20N6. The summed E-state index contributed by atoms with van der Waals surface area (Å²) < 4.78 is 4.17.